The van der Waals surface area contributed by atoms with Crippen LogP contribution in [0.4, 0.5) is 5.00 Å². The first kappa shape index (κ1) is 12.8. The Labute approximate surface area is 108 Å². The van der Waals surface area contributed by atoms with Gasteiger partial charge in [-0.2, -0.15) is 0 Å². The highest BCUT2D eigenvalue weighted by molar-refractivity contribution is 7.10. The molecule has 1 aliphatic rings. The molecule has 0 aromatic carbocycles. The monoisotopic (exact) mass is 254 g/mol. The lowest BCUT2D eigenvalue weighted by atomic mass is 9.94. The topological polar surface area (TPSA) is 41.1 Å². The van der Waals surface area contributed by atoms with Crippen molar-refractivity contribution < 1.29 is 0 Å². The van der Waals surface area contributed by atoms with Gasteiger partial charge in [-0.15, -0.1) is 5.10 Å². The van der Waals surface area contributed by atoms with Crippen molar-refractivity contribution in [2.24, 2.45) is 5.92 Å². The minimum Gasteiger partial charge on any atom is -0.374 e. The molecule has 0 atom stereocenters. The van der Waals surface area contributed by atoms with Crippen LogP contribution >= 0.6 is 11.5 Å². The van der Waals surface area contributed by atoms with Gasteiger partial charge in [-0.25, -0.2) is 0 Å². The van der Waals surface area contributed by atoms with E-state index in [9.17, 15) is 0 Å². The van der Waals surface area contributed by atoms with Crippen LogP contribution in [0.2, 0.25) is 0 Å². The molecular formula is C12H22N4S. The normalized spacial score (nSPS) is 18.5. The first-order valence-electron chi connectivity index (χ1n) is 6.61. The summed E-state index contributed by atoms with van der Waals surface area (Å²) in [6.45, 7) is 8.72. The molecule has 17 heavy (non-hydrogen) atoms. The fourth-order valence-electron chi connectivity index (χ4n) is 2.37. The largest absolute Gasteiger partial charge is 0.374 e. The minimum absolute atomic E-state index is 0.938. The molecule has 0 aliphatic carbocycles. The van der Waals surface area contributed by atoms with E-state index >= 15 is 0 Å². The summed E-state index contributed by atoms with van der Waals surface area (Å²) in [6.07, 6.45) is 4.00. The maximum absolute atomic E-state index is 4.23. The molecule has 96 valence electrons. The maximum atomic E-state index is 4.23. The van der Waals surface area contributed by atoms with Gasteiger partial charge in [0.2, 0.25) is 0 Å². The molecule has 0 spiro atoms. The molecule has 2 rings (SSSR count). The van der Waals surface area contributed by atoms with E-state index in [1.165, 1.54) is 43.9 Å². The SMILES string of the molecule is CCNc1snnc1CN1CCC(CC)CC1. The molecule has 0 unspecified atom stereocenters. The Bertz CT molecular complexity index is 331. The summed E-state index contributed by atoms with van der Waals surface area (Å²) in [7, 11) is 0. The summed E-state index contributed by atoms with van der Waals surface area (Å²) < 4.78 is 4.04. The second-order valence-electron chi connectivity index (χ2n) is 4.71. The smallest absolute Gasteiger partial charge is 0.134 e. The number of anilines is 1. The molecule has 0 radical (unpaired) electrons. The molecule has 1 fully saturated rings. The average Bonchev–Trinajstić information content (AvgIpc) is 2.78. The van der Waals surface area contributed by atoms with Crippen molar-refractivity contribution in [1.82, 2.24) is 14.5 Å². The van der Waals surface area contributed by atoms with E-state index in [0.717, 1.165) is 29.7 Å². The van der Waals surface area contributed by atoms with Gasteiger partial charge in [-0.3, -0.25) is 4.90 Å². The molecule has 0 amide bonds. The second kappa shape index (κ2) is 6.31. The first-order chi connectivity index (χ1) is 8.33. The lowest BCUT2D eigenvalue weighted by molar-refractivity contribution is 0.173. The van der Waals surface area contributed by atoms with Crippen molar-refractivity contribution >= 4 is 16.5 Å². The van der Waals surface area contributed by atoms with Crippen LogP contribution in [0.5, 0.6) is 0 Å². The van der Waals surface area contributed by atoms with Crippen molar-refractivity contribution in [3.05, 3.63) is 5.69 Å². The third-order valence-electron chi connectivity index (χ3n) is 3.55. The Hall–Kier alpha value is -0.680. The Morgan fingerprint density at radius 3 is 2.76 bits per heavy atom. The van der Waals surface area contributed by atoms with Crippen molar-refractivity contribution in [3.63, 3.8) is 0 Å². The van der Waals surface area contributed by atoms with Crippen molar-refractivity contribution in [2.75, 3.05) is 25.0 Å². The zero-order valence-corrected chi connectivity index (χ0v) is 11.6. The molecule has 0 bridgehead atoms. The van der Waals surface area contributed by atoms with E-state index in [1.54, 1.807) is 0 Å². The predicted molar refractivity (Wildman–Crippen MR) is 72.4 cm³/mol. The fourth-order valence-corrected chi connectivity index (χ4v) is 3.01. The fraction of sp³-hybridized carbons (Fsp3) is 0.833. The number of hydrogen-bond donors (Lipinski definition) is 1. The first-order valence-corrected chi connectivity index (χ1v) is 7.38. The molecule has 1 aromatic rings. The molecule has 1 aromatic heterocycles. The number of rotatable bonds is 5. The van der Waals surface area contributed by atoms with E-state index in [2.05, 4.69) is 33.7 Å². The van der Waals surface area contributed by atoms with Crippen LogP contribution in [-0.2, 0) is 6.54 Å². The van der Waals surface area contributed by atoms with Crippen molar-refractivity contribution in [2.45, 2.75) is 39.7 Å². The number of likely N-dealkylation sites (tertiary alicyclic amines) is 1. The van der Waals surface area contributed by atoms with Gasteiger partial charge in [0.25, 0.3) is 0 Å². The van der Waals surface area contributed by atoms with Gasteiger partial charge in [0.05, 0.1) is 0 Å². The molecule has 1 aliphatic heterocycles. The predicted octanol–water partition coefficient (Wildman–Crippen LogP) is 2.59. The van der Waals surface area contributed by atoms with Crippen LogP contribution < -0.4 is 5.32 Å². The van der Waals surface area contributed by atoms with E-state index in [-0.39, 0.29) is 0 Å². The van der Waals surface area contributed by atoms with Gasteiger partial charge in [-0.1, -0.05) is 17.8 Å². The maximum Gasteiger partial charge on any atom is 0.134 e. The molecular weight excluding hydrogens is 232 g/mol. The molecule has 4 nitrogen and oxygen atoms in total. The van der Waals surface area contributed by atoms with Gasteiger partial charge in [0.15, 0.2) is 0 Å². The number of nitrogens with one attached hydrogen (secondary N) is 1. The van der Waals surface area contributed by atoms with Crippen LogP contribution in [0.25, 0.3) is 0 Å². The number of hydrogen-bond acceptors (Lipinski definition) is 5. The highest BCUT2D eigenvalue weighted by Gasteiger charge is 2.19. The summed E-state index contributed by atoms with van der Waals surface area (Å²) in [4.78, 5) is 2.50. The Kier molecular flexibility index (Phi) is 4.74. The number of nitrogens with zero attached hydrogens (tertiary/aromatic N) is 3. The lowest BCUT2D eigenvalue weighted by Gasteiger charge is -2.30. The zero-order chi connectivity index (χ0) is 12.1. The Balaban J connectivity index is 1.86. The summed E-state index contributed by atoms with van der Waals surface area (Å²) in [5, 5.41) is 8.71. The van der Waals surface area contributed by atoms with Gasteiger partial charge in [0.1, 0.15) is 10.7 Å². The average molecular weight is 254 g/mol. The quantitative estimate of drug-likeness (QED) is 0.877. The van der Waals surface area contributed by atoms with Crippen LogP contribution in [0.1, 0.15) is 38.8 Å². The van der Waals surface area contributed by atoms with Crippen LogP contribution in [-0.4, -0.2) is 34.1 Å². The highest BCUT2D eigenvalue weighted by Crippen LogP contribution is 2.24. The zero-order valence-electron chi connectivity index (χ0n) is 10.8. The third kappa shape index (κ3) is 3.39. The van der Waals surface area contributed by atoms with Gasteiger partial charge >= 0.3 is 0 Å². The summed E-state index contributed by atoms with van der Waals surface area (Å²) in [6, 6.07) is 0. The summed E-state index contributed by atoms with van der Waals surface area (Å²) in [5.41, 5.74) is 1.12. The lowest BCUT2D eigenvalue weighted by Crippen LogP contribution is -2.33. The molecule has 5 heteroatoms. The molecule has 0 saturated carbocycles. The molecule has 1 N–H and O–H groups in total. The Morgan fingerprint density at radius 1 is 1.35 bits per heavy atom. The van der Waals surface area contributed by atoms with E-state index < -0.39 is 0 Å². The summed E-state index contributed by atoms with van der Waals surface area (Å²) in [5.74, 6) is 0.938. The van der Waals surface area contributed by atoms with Gasteiger partial charge in [0, 0.05) is 24.6 Å². The van der Waals surface area contributed by atoms with E-state index in [4.69, 9.17) is 0 Å². The highest BCUT2D eigenvalue weighted by atomic mass is 32.1. The molecule has 1 saturated heterocycles. The number of aromatic nitrogens is 2. The van der Waals surface area contributed by atoms with E-state index in [1.807, 2.05) is 0 Å². The standard InChI is InChI=1S/C12H22N4S/c1-3-10-5-7-16(8-6-10)9-11-12(13-4-2)17-15-14-11/h10,13H,3-9H2,1-2H3. The number of piperidine rings is 1. The van der Waals surface area contributed by atoms with Gasteiger partial charge < -0.3 is 5.32 Å². The molecule has 2 heterocycles. The van der Waals surface area contributed by atoms with Crippen LogP contribution in [0.15, 0.2) is 0 Å². The second-order valence-corrected chi connectivity index (χ2v) is 5.46. The van der Waals surface area contributed by atoms with Gasteiger partial charge in [-0.05, 0) is 38.8 Å². The van der Waals surface area contributed by atoms with Crippen LogP contribution in [0.3, 0.4) is 0 Å². The van der Waals surface area contributed by atoms with Crippen molar-refractivity contribution in [1.29, 1.82) is 0 Å². The minimum atomic E-state index is 0.938. The summed E-state index contributed by atoms with van der Waals surface area (Å²) >= 11 is 1.47. The van der Waals surface area contributed by atoms with E-state index in [0.29, 0.717) is 0 Å². The van der Waals surface area contributed by atoms with Crippen LogP contribution in [0, 0.1) is 5.92 Å². The Morgan fingerprint density at radius 2 is 2.12 bits per heavy atom. The third-order valence-corrected chi connectivity index (χ3v) is 4.28. The van der Waals surface area contributed by atoms with Crippen molar-refractivity contribution in [3.8, 4) is 0 Å².